The van der Waals surface area contributed by atoms with Crippen LogP contribution in [0.5, 0.6) is 0 Å². The number of hydrogen-bond donors (Lipinski definition) is 2. The molecule has 2 saturated heterocycles. The quantitative estimate of drug-likeness (QED) is 0.852. The Morgan fingerprint density at radius 1 is 1.20 bits per heavy atom. The summed E-state index contributed by atoms with van der Waals surface area (Å²) in [6.07, 6.45) is 2.49. The van der Waals surface area contributed by atoms with Gasteiger partial charge in [0.2, 0.25) is 5.95 Å². The third-order valence-corrected chi connectivity index (χ3v) is 4.87. The zero-order valence-electron chi connectivity index (χ0n) is 12.5. The first-order valence-electron chi connectivity index (χ1n) is 7.64. The Balaban J connectivity index is 1.74. The van der Waals surface area contributed by atoms with Crippen molar-refractivity contribution in [1.29, 1.82) is 0 Å². The van der Waals surface area contributed by atoms with Gasteiger partial charge in [-0.05, 0) is 32.6 Å². The monoisotopic (exact) mass is 279 g/mol. The van der Waals surface area contributed by atoms with Crippen molar-refractivity contribution >= 4 is 5.95 Å². The minimum absolute atomic E-state index is 0.190. The van der Waals surface area contributed by atoms with Gasteiger partial charge in [0.1, 0.15) is 5.82 Å². The summed E-state index contributed by atoms with van der Waals surface area (Å²) in [4.78, 5) is 6.93. The van der Waals surface area contributed by atoms with Crippen LogP contribution in [0.1, 0.15) is 45.4 Å². The molecule has 0 bridgehead atoms. The van der Waals surface area contributed by atoms with Crippen LogP contribution in [0.4, 0.5) is 5.95 Å². The van der Waals surface area contributed by atoms with E-state index in [9.17, 15) is 0 Å². The number of nitrogens with two attached hydrogens (primary N) is 1. The molecule has 112 valence electrons. The molecule has 0 aromatic carbocycles. The Morgan fingerprint density at radius 2 is 1.90 bits per heavy atom. The molecule has 1 aromatic rings. The Morgan fingerprint density at radius 3 is 2.50 bits per heavy atom. The van der Waals surface area contributed by atoms with Crippen molar-refractivity contribution in [2.45, 2.75) is 57.8 Å². The molecule has 0 aliphatic carbocycles. The van der Waals surface area contributed by atoms with Crippen molar-refractivity contribution in [2.75, 3.05) is 18.0 Å². The summed E-state index contributed by atoms with van der Waals surface area (Å²) in [6, 6.07) is 0.328. The second kappa shape index (κ2) is 5.33. The Kier molecular flexibility index (Phi) is 3.69. The van der Waals surface area contributed by atoms with E-state index in [0.29, 0.717) is 17.9 Å². The van der Waals surface area contributed by atoms with E-state index in [1.54, 1.807) is 0 Å². The largest absolute Gasteiger partial charge is 0.374 e. The molecule has 0 spiro atoms. The maximum Gasteiger partial charge on any atom is 0.244 e. The number of hydrogen-bond acceptors (Lipinski definition) is 5. The first-order chi connectivity index (χ1) is 9.56. The first kappa shape index (κ1) is 13.8. The van der Waals surface area contributed by atoms with Gasteiger partial charge in [-0.25, -0.2) is 0 Å². The summed E-state index contributed by atoms with van der Waals surface area (Å²) in [5.41, 5.74) is 5.94. The number of rotatable bonds is 2. The molecule has 6 heteroatoms. The van der Waals surface area contributed by atoms with E-state index in [4.69, 9.17) is 15.5 Å². The highest BCUT2D eigenvalue weighted by molar-refractivity contribution is 5.30. The number of ether oxygens (including phenoxy) is 1. The summed E-state index contributed by atoms with van der Waals surface area (Å²) in [6.45, 7) is 8.36. The van der Waals surface area contributed by atoms with Crippen LogP contribution < -0.4 is 10.6 Å². The van der Waals surface area contributed by atoms with Gasteiger partial charge in [0.25, 0.3) is 0 Å². The minimum atomic E-state index is 0.190. The zero-order valence-corrected chi connectivity index (χ0v) is 12.5. The summed E-state index contributed by atoms with van der Waals surface area (Å²) in [5, 5.41) is 7.52. The maximum absolute atomic E-state index is 5.94. The highest BCUT2D eigenvalue weighted by atomic mass is 16.5. The van der Waals surface area contributed by atoms with Gasteiger partial charge in [0.15, 0.2) is 0 Å². The normalized spacial score (nSPS) is 35.7. The predicted molar refractivity (Wildman–Crippen MR) is 77.7 cm³/mol. The minimum Gasteiger partial charge on any atom is -0.374 e. The lowest BCUT2D eigenvalue weighted by atomic mass is 9.89. The van der Waals surface area contributed by atoms with E-state index in [-0.39, 0.29) is 12.2 Å². The van der Waals surface area contributed by atoms with Crippen molar-refractivity contribution in [1.82, 2.24) is 15.2 Å². The van der Waals surface area contributed by atoms with Gasteiger partial charge in [-0.15, -0.1) is 5.10 Å². The first-order valence-corrected chi connectivity index (χ1v) is 7.64. The van der Waals surface area contributed by atoms with E-state index in [2.05, 4.69) is 35.9 Å². The van der Waals surface area contributed by atoms with Gasteiger partial charge in [-0.2, -0.15) is 4.98 Å². The maximum atomic E-state index is 5.94. The zero-order chi connectivity index (χ0) is 14.3. The summed E-state index contributed by atoms with van der Waals surface area (Å²) in [5.74, 6) is 2.53. The van der Waals surface area contributed by atoms with Crippen LogP contribution in [0.25, 0.3) is 0 Å². The number of anilines is 1. The van der Waals surface area contributed by atoms with Gasteiger partial charge in [-0.3, -0.25) is 5.10 Å². The molecule has 2 aliphatic rings. The van der Waals surface area contributed by atoms with Gasteiger partial charge < -0.3 is 15.4 Å². The second-order valence-electron chi connectivity index (χ2n) is 6.28. The summed E-state index contributed by atoms with van der Waals surface area (Å²) in [7, 11) is 0. The molecule has 3 rings (SSSR count). The van der Waals surface area contributed by atoms with Crippen LogP contribution in [-0.4, -0.2) is 46.5 Å². The summed E-state index contributed by atoms with van der Waals surface area (Å²) < 4.78 is 5.89. The lowest BCUT2D eigenvalue weighted by molar-refractivity contribution is 0.0553. The van der Waals surface area contributed by atoms with Crippen LogP contribution in [0, 0.1) is 5.92 Å². The van der Waals surface area contributed by atoms with Crippen LogP contribution >= 0.6 is 0 Å². The fourth-order valence-corrected chi connectivity index (χ4v) is 3.39. The van der Waals surface area contributed by atoms with E-state index in [1.165, 1.54) is 0 Å². The number of nitrogens with zero attached hydrogens (tertiary/aromatic N) is 3. The van der Waals surface area contributed by atoms with Gasteiger partial charge in [0, 0.05) is 25.0 Å². The third-order valence-electron chi connectivity index (χ3n) is 4.87. The molecule has 4 unspecified atom stereocenters. The smallest absolute Gasteiger partial charge is 0.244 e. The van der Waals surface area contributed by atoms with Gasteiger partial charge in [-0.1, -0.05) is 6.92 Å². The average Bonchev–Trinajstić information content (AvgIpc) is 2.97. The van der Waals surface area contributed by atoms with Crippen molar-refractivity contribution in [3.8, 4) is 0 Å². The molecule has 0 radical (unpaired) electrons. The molecule has 3 heterocycles. The Labute approximate surface area is 120 Å². The van der Waals surface area contributed by atoms with Crippen molar-refractivity contribution < 1.29 is 4.74 Å². The van der Waals surface area contributed by atoms with Crippen LogP contribution in [-0.2, 0) is 4.74 Å². The predicted octanol–water partition coefficient (Wildman–Crippen LogP) is 1.26. The highest BCUT2D eigenvalue weighted by Crippen LogP contribution is 2.38. The van der Waals surface area contributed by atoms with Crippen LogP contribution in [0.3, 0.4) is 0 Å². The third kappa shape index (κ3) is 2.42. The van der Waals surface area contributed by atoms with E-state index in [0.717, 1.165) is 37.7 Å². The fraction of sp³-hybridized carbons (Fsp3) is 0.857. The lowest BCUT2D eigenvalue weighted by Crippen LogP contribution is -2.40. The molecular weight excluding hydrogens is 254 g/mol. The van der Waals surface area contributed by atoms with Crippen LogP contribution in [0.2, 0.25) is 0 Å². The van der Waals surface area contributed by atoms with Gasteiger partial charge in [0.05, 0.1) is 12.2 Å². The molecule has 0 amide bonds. The molecule has 20 heavy (non-hydrogen) atoms. The summed E-state index contributed by atoms with van der Waals surface area (Å²) >= 11 is 0. The SMILES string of the molecule is CC1OC(C)C(c2nc(N3CCC(N)CC3)n[nH]2)C1C. The number of aromatic amines is 1. The molecule has 2 aliphatic heterocycles. The van der Waals surface area contributed by atoms with Crippen molar-refractivity contribution in [3.63, 3.8) is 0 Å². The number of piperidine rings is 1. The van der Waals surface area contributed by atoms with Gasteiger partial charge >= 0.3 is 0 Å². The van der Waals surface area contributed by atoms with Crippen molar-refractivity contribution in [3.05, 3.63) is 5.82 Å². The standard InChI is InChI=1S/C14H25N5O/c1-8-9(2)20-10(3)12(8)13-16-14(18-17-13)19-6-4-11(15)5-7-19/h8-12H,4-7,15H2,1-3H3,(H,16,17,18). The molecule has 3 N–H and O–H groups in total. The molecule has 1 aromatic heterocycles. The number of H-pyrrole nitrogens is 1. The Hall–Kier alpha value is -1.14. The van der Waals surface area contributed by atoms with E-state index < -0.39 is 0 Å². The topological polar surface area (TPSA) is 80.1 Å². The second-order valence-corrected chi connectivity index (χ2v) is 6.28. The fourth-order valence-electron chi connectivity index (χ4n) is 3.39. The number of nitrogens with one attached hydrogen (secondary N) is 1. The highest BCUT2D eigenvalue weighted by Gasteiger charge is 2.40. The molecule has 0 saturated carbocycles. The van der Waals surface area contributed by atoms with E-state index >= 15 is 0 Å². The van der Waals surface area contributed by atoms with Crippen LogP contribution in [0.15, 0.2) is 0 Å². The average molecular weight is 279 g/mol. The molecular formula is C14H25N5O. The molecule has 4 atom stereocenters. The van der Waals surface area contributed by atoms with Crippen molar-refractivity contribution in [2.24, 2.45) is 11.7 Å². The lowest BCUT2D eigenvalue weighted by Gasteiger charge is -2.29. The van der Waals surface area contributed by atoms with E-state index in [1.807, 2.05) is 0 Å². The number of aromatic nitrogens is 3. The molecule has 6 nitrogen and oxygen atoms in total. The molecule has 2 fully saturated rings. The Bertz CT molecular complexity index is 454.